The molecule has 4 heteroatoms. The largest absolute Gasteiger partial charge is 0.462 e. The Hall–Kier alpha value is -1.39. The fourth-order valence-corrected chi connectivity index (χ4v) is 1.41. The number of rotatable bonds is 7. The highest BCUT2D eigenvalue weighted by molar-refractivity contribution is 5.77. The molecule has 1 aromatic carbocycles. The maximum absolute atomic E-state index is 11.6. The maximum Gasteiger partial charge on any atom is 0.327 e. The van der Waals surface area contributed by atoms with Crippen molar-refractivity contribution in [3.63, 3.8) is 0 Å². The molecule has 0 aromatic heterocycles. The molecule has 0 amide bonds. The van der Waals surface area contributed by atoms with Crippen LogP contribution in [0, 0.1) is 5.92 Å². The molecule has 0 heterocycles. The topological polar surface area (TPSA) is 61.5 Å². The van der Waals surface area contributed by atoms with E-state index in [1.54, 1.807) is 12.1 Å². The van der Waals surface area contributed by atoms with E-state index in [4.69, 9.17) is 15.2 Å². The summed E-state index contributed by atoms with van der Waals surface area (Å²) in [6.07, 6.45) is 0. The third kappa shape index (κ3) is 5.29. The summed E-state index contributed by atoms with van der Waals surface area (Å²) in [6, 6.07) is 8.45. The van der Waals surface area contributed by atoms with E-state index in [-0.39, 0.29) is 6.61 Å². The average molecular weight is 251 g/mol. The van der Waals surface area contributed by atoms with Crippen LogP contribution in [0.5, 0.6) is 0 Å². The number of hydrogen-bond donors (Lipinski definition) is 1. The van der Waals surface area contributed by atoms with Crippen molar-refractivity contribution >= 4 is 5.97 Å². The van der Waals surface area contributed by atoms with Crippen molar-refractivity contribution in [1.29, 1.82) is 0 Å². The van der Waals surface area contributed by atoms with Crippen molar-refractivity contribution in [1.82, 2.24) is 0 Å². The lowest BCUT2D eigenvalue weighted by atomic mass is 10.1. The van der Waals surface area contributed by atoms with Gasteiger partial charge in [0.2, 0.25) is 0 Å². The SMILES string of the molecule is CC(C)COCCOC(=O)C(N)c1ccccc1. The van der Waals surface area contributed by atoms with Crippen molar-refractivity contribution in [2.75, 3.05) is 19.8 Å². The first-order chi connectivity index (χ1) is 8.61. The zero-order valence-electron chi connectivity index (χ0n) is 11.0. The third-order valence-electron chi connectivity index (χ3n) is 2.34. The normalized spacial score (nSPS) is 12.4. The first-order valence-corrected chi connectivity index (χ1v) is 6.16. The Balaban J connectivity index is 2.25. The number of esters is 1. The Kier molecular flexibility index (Phi) is 6.39. The van der Waals surface area contributed by atoms with Gasteiger partial charge >= 0.3 is 5.97 Å². The summed E-state index contributed by atoms with van der Waals surface area (Å²) in [7, 11) is 0. The minimum Gasteiger partial charge on any atom is -0.462 e. The molecule has 2 N–H and O–H groups in total. The lowest BCUT2D eigenvalue weighted by molar-refractivity contribution is -0.147. The van der Waals surface area contributed by atoms with Gasteiger partial charge in [-0.05, 0) is 11.5 Å². The van der Waals surface area contributed by atoms with Gasteiger partial charge in [-0.15, -0.1) is 0 Å². The molecule has 0 aliphatic heterocycles. The first-order valence-electron chi connectivity index (χ1n) is 6.16. The summed E-state index contributed by atoms with van der Waals surface area (Å²) < 4.78 is 10.4. The van der Waals surface area contributed by atoms with E-state index >= 15 is 0 Å². The molecular formula is C14H21NO3. The Labute approximate surface area is 108 Å². The van der Waals surface area contributed by atoms with Crippen LogP contribution < -0.4 is 5.73 Å². The number of benzene rings is 1. The van der Waals surface area contributed by atoms with E-state index in [1.807, 2.05) is 18.2 Å². The highest BCUT2D eigenvalue weighted by Gasteiger charge is 2.16. The van der Waals surface area contributed by atoms with E-state index in [0.717, 1.165) is 5.56 Å². The van der Waals surface area contributed by atoms with Crippen molar-refractivity contribution in [3.8, 4) is 0 Å². The summed E-state index contributed by atoms with van der Waals surface area (Å²) in [5.74, 6) is 0.0571. The summed E-state index contributed by atoms with van der Waals surface area (Å²) in [5.41, 5.74) is 6.54. The van der Waals surface area contributed by atoms with Crippen LogP contribution in [0.25, 0.3) is 0 Å². The van der Waals surface area contributed by atoms with Crippen LogP contribution in [0.1, 0.15) is 25.5 Å². The summed E-state index contributed by atoms with van der Waals surface area (Å²) in [4.78, 5) is 11.6. The van der Waals surface area contributed by atoms with Crippen molar-refractivity contribution in [2.24, 2.45) is 11.7 Å². The number of carbonyl (C=O) groups excluding carboxylic acids is 1. The van der Waals surface area contributed by atoms with Gasteiger partial charge in [-0.25, -0.2) is 4.79 Å². The predicted molar refractivity (Wildman–Crippen MR) is 70.0 cm³/mol. The maximum atomic E-state index is 11.6. The van der Waals surface area contributed by atoms with Gasteiger partial charge in [0.1, 0.15) is 12.6 Å². The minimum absolute atomic E-state index is 0.242. The molecule has 0 bridgehead atoms. The smallest absolute Gasteiger partial charge is 0.327 e. The number of carbonyl (C=O) groups is 1. The number of nitrogens with two attached hydrogens (primary N) is 1. The van der Waals surface area contributed by atoms with Gasteiger partial charge in [0.15, 0.2) is 0 Å². The van der Waals surface area contributed by atoms with Gasteiger partial charge in [-0.2, -0.15) is 0 Å². The highest BCUT2D eigenvalue weighted by Crippen LogP contribution is 2.10. The second-order valence-corrected chi connectivity index (χ2v) is 4.52. The summed E-state index contributed by atoms with van der Waals surface area (Å²) in [6.45, 7) is 5.45. The quantitative estimate of drug-likeness (QED) is 0.594. The molecular weight excluding hydrogens is 230 g/mol. The summed E-state index contributed by atoms with van der Waals surface area (Å²) >= 11 is 0. The van der Waals surface area contributed by atoms with Gasteiger partial charge in [0.05, 0.1) is 6.61 Å². The van der Waals surface area contributed by atoms with E-state index in [2.05, 4.69) is 13.8 Å². The second-order valence-electron chi connectivity index (χ2n) is 4.52. The van der Waals surface area contributed by atoms with E-state index < -0.39 is 12.0 Å². The molecule has 1 aromatic rings. The van der Waals surface area contributed by atoms with Gasteiger partial charge in [0, 0.05) is 6.61 Å². The van der Waals surface area contributed by atoms with Gasteiger partial charge < -0.3 is 15.2 Å². The van der Waals surface area contributed by atoms with Crippen LogP contribution in [0.2, 0.25) is 0 Å². The van der Waals surface area contributed by atoms with E-state index in [1.165, 1.54) is 0 Å². The molecule has 1 atom stereocenters. The Bertz CT molecular complexity index is 351. The molecule has 0 saturated heterocycles. The highest BCUT2D eigenvalue weighted by atomic mass is 16.6. The third-order valence-corrected chi connectivity index (χ3v) is 2.34. The monoisotopic (exact) mass is 251 g/mol. The number of hydrogen-bond acceptors (Lipinski definition) is 4. The van der Waals surface area contributed by atoms with Crippen molar-refractivity contribution < 1.29 is 14.3 Å². The van der Waals surface area contributed by atoms with E-state index in [9.17, 15) is 4.79 Å². The molecule has 1 rings (SSSR count). The molecule has 18 heavy (non-hydrogen) atoms. The van der Waals surface area contributed by atoms with Crippen LogP contribution in [0.3, 0.4) is 0 Å². The van der Waals surface area contributed by atoms with Gasteiger partial charge in [0.25, 0.3) is 0 Å². The molecule has 0 fully saturated rings. The molecule has 4 nitrogen and oxygen atoms in total. The van der Waals surface area contributed by atoms with Crippen molar-refractivity contribution in [2.45, 2.75) is 19.9 Å². The first kappa shape index (κ1) is 14.7. The van der Waals surface area contributed by atoms with Gasteiger partial charge in [-0.1, -0.05) is 44.2 Å². The average Bonchev–Trinajstić information content (AvgIpc) is 2.38. The predicted octanol–water partition coefficient (Wildman–Crippen LogP) is 1.90. The Morgan fingerprint density at radius 3 is 2.50 bits per heavy atom. The zero-order valence-corrected chi connectivity index (χ0v) is 11.0. The Morgan fingerprint density at radius 1 is 1.22 bits per heavy atom. The number of ether oxygens (including phenoxy) is 2. The fourth-order valence-electron chi connectivity index (χ4n) is 1.41. The van der Waals surface area contributed by atoms with Crippen LogP contribution >= 0.6 is 0 Å². The molecule has 0 saturated carbocycles. The lowest BCUT2D eigenvalue weighted by Crippen LogP contribution is -2.25. The molecule has 0 spiro atoms. The minimum atomic E-state index is -0.726. The van der Waals surface area contributed by atoms with Crippen LogP contribution in [-0.2, 0) is 14.3 Å². The van der Waals surface area contributed by atoms with Crippen LogP contribution in [0.15, 0.2) is 30.3 Å². The van der Waals surface area contributed by atoms with Crippen LogP contribution in [0.4, 0.5) is 0 Å². The lowest BCUT2D eigenvalue weighted by Gasteiger charge is -2.12. The molecule has 0 aliphatic carbocycles. The standard InChI is InChI=1S/C14H21NO3/c1-11(2)10-17-8-9-18-14(16)13(15)12-6-4-3-5-7-12/h3-7,11,13H,8-10,15H2,1-2H3. The molecule has 0 aliphatic rings. The molecule has 1 unspecified atom stereocenters. The molecule has 100 valence electrons. The fraction of sp³-hybridized carbons (Fsp3) is 0.500. The van der Waals surface area contributed by atoms with Crippen molar-refractivity contribution in [3.05, 3.63) is 35.9 Å². The Morgan fingerprint density at radius 2 is 1.89 bits per heavy atom. The molecule has 0 radical (unpaired) electrons. The zero-order chi connectivity index (χ0) is 13.4. The van der Waals surface area contributed by atoms with E-state index in [0.29, 0.717) is 19.1 Å². The van der Waals surface area contributed by atoms with Gasteiger partial charge in [-0.3, -0.25) is 0 Å². The second kappa shape index (κ2) is 7.84. The van der Waals surface area contributed by atoms with Crippen LogP contribution in [-0.4, -0.2) is 25.8 Å². The summed E-state index contributed by atoms with van der Waals surface area (Å²) in [5, 5.41) is 0.